The van der Waals surface area contributed by atoms with Crippen LogP contribution in [0.2, 0.25) is 0 Å². The lowest BCUT2D eigenvalue weighted by Gasteiger charge is -2.38. The third-order valence-corrected chi connectivity index (χ3v) is 6.70. The van der Waals surface area contributed by atoms with Gasteiger partial charge in [0.25, 0.3) is 0 Å². The molecule has 2 heterocycles. The molecule has 1 aromatic heterocycles. The van der Waals surface area contributed by atoms with Crippen molar-refractivity contribution in [3.8, 4) is 11.5 Å². The number of nitrogens with zero attached hydrogens (tertiary/aromatic N) is 4. The average Bonchev–Trinajstić information content (AvgIpc) is 2.77. The van der Waals surface area contributed by atoms with Crippen LogP contribution in [0.5, 0.6) is 11.5 Å². The minimum absolute atomic E-state index is 0.476. The van der Waals surface area contributed by atoms with Crippen LogP contribution in [-0.2, 0) is 0 Å². The van der Waals surface area contributed by atoms with Gasteiger partial charge in [0.05, 0.1) is 19.7 Å². The van der Waals surface area contributed by atoms with E-state index in [9.17, 15) is 0 Å². The first-order valence-electron chi connectivity index (χ1n) is 11.2. The molecule has 0 radical (unpaired) electrons. The fraction of sp³-hybridized carbons (Fsp3) is 0.440. The summed E-state index contributed by atoms with van der Waals surface area (Å²) in [5.74, 6) is 3.91. The maximum Gasteiger partial charge on any atom is 0.162 e. The minimum atomic E-state index is 0.476. The molecule has 2 fully saturated rings. The minimum Gasteiger partial charge on any atom is -0.493 e. The van der Waals surface area contributed by atoms with Crippen LogP contribution >= 0.6 is 0 Å². The summed E-state index contributed by atoms with van der Waals surface area (Å²) < 4.78 is 11.1. The second kappa shape index (κ2) is 8.25. The number of aryl methyl sites for hydroxylation is 1. The zero-order valence-electron chi connectivity index (χ0n) is 18.6. The average molecular weight is 419 g/mol. The first-order valence-corrected chi connectivity index (χ1v) is 11.2. The summed E-state index contributed by atoms with van der Waals surface area (Å²) in [6.45, 7) is 5.99. The SMILES string of the molecule is COc1cc2nc(C3CCC3)nc(N3CCN(c4ccccc4C)CC3)c2cc1OC. The molecule has 0 amide bonds. The first-order chi connectivity index (χ1) is 15.2. The summed E-state index contributed by atoms with van der Waals surface area (Å²) in [6.07, 6.45) is 3.63. The molecule has 1 saturated carbocycles. The van der Waals surface area contributed by atoms with E-state index in [4.69, 9.17) is 19.4 Å². The van der Waals surface area contributed by atoms with Gasteiger partial charge >= 0.3 is 0 Å². The van der Waals surface area contributed by atoms with Crippen LogP contribution in [-0.4, -0.2) is 50.4 Å². The summed E-state index contributed by atoms with van der Waals surface area (Å²) in [7, 11) is 3.34. The zero-order chi connectivity index (χ0) is 21.4. The Kier molecular flexibility index (Phi) is 5.30. The molecule has 0 spiro atoms. The fourth-order valence-corrected chi connectivity index (χ4v) is 4.62. The highest BCUT2D eigenvalue weighted by Gasteiger charge is 2.27. The molecular weight excluding hydrogens is 388 g/mol. The van der Waals surface area contributed by atoms with Crippen molar-refractivity contribution in [3.05, 3.63) is 47.8 Å². The van der Waals surface area contributed by atoms with Crippen LogP contribution in [0.15, 0.2) is 36.4 Å². The third-order valence-electron chi connectivity index (χ3n) is 6.70. The largest absolute Gasteiger partial charge is 0.493 e. The number of anilines is 2. The van der Waals surface area contributed by atoms with Gasteiger partial charge in [0.1, 0.15) is 11.6 Å². The number of aromatic nitrogens is 2. The molecule has 0 unspecified atom stereocenters. The predicted molar refractivity (Wildman–Crippen MR) is 125 cm³/mol. The number of piperazine rings is 1. The first kappa shape index (κ1) is 19.9. The highest BCUT2D eigenvalue weighted by molar-refractivity contribution is 5.92. The lowest BCUT2D eigenvalue weighted by molar-refractivity contribution is 0.355. The van der Waals surface area contributed by atoms with Gasteiger partial charge in [-0.15, -0.1) is 0 Å². The molecular formula is C25H30N4O2. The van der Waals surface area contributed by atoms with Crippen LogP contribution in [0.4, 0.5) is 11.5 Å². The molecule has 0 N–H and O–H groups in total. The van der Waals surface area contributed by atoms with Crippen molar-refractivity contribution in [2.75, 3.05) is 50.2 Å². The summed E-state index contributed by atoms with van der Waals surface area (Å²) >= 11 is 0. The van der Waals surface area contributed by atoms with Gasteiger partial charge in [-0.3, -0.25) is 0 Å². The standard InChI is InChI=1S/C25H30N4O2/c1-17-7-4-5-10-21(17)28-11-13-29(14-12-28)25-19-15-22(30-2)23(31-3)16-20(19)26-24(27-25)18-8-6-9-18/h4-5,7,10,15-16,18H,6,8-9,11-14H2,1-3H3. The second-order valence-electron chi connectivity index (χ2n) is 8.52. The molecule has 1 aliphatic carbocycles. The van der Waals surface area contributed by atoms with Gasteiger partial charge in [-0.25, -0.2) is 9.97 Å². The number of ether oxygens (including phenoxy) is 2. The Hall–Kier alpha value is -3.02. The van der Waals surface area contributed by atoms with E-state index in [1.54, 1.807) is 14.2 Å². The van der Waals surface area contributed by atoms with Gasteiger partial charge in [0.15, 0.2) is 11.5 Å². The number of fused-ring (bicyclic) bond motifs is 1. The Morgan fingerprint density at radius 2 is 1.55 bits per heavy atom. The van der Waals surface area contributed by atoms with E-state index in [-0.39, 0.29) is 0 Å². The van der Waals surface area contributed by atoms with Gasteiger partial charge < -0.3 is 19.3 Å². The molecule has 6 heteroatoms. The Balaban J connectivity index is 1.50. The predicted octanol–water partition coefficient (Wildman–Crippen LogP) is 4.55. The molecule has 2 aliphatic rings. The van der Waals surface area contributed by atoms with Crippen molar-refractivity contribution in [2.45, 2.75) is 32.1 Å². The molecule has 1 aliphatic heterocycles. The fourth-order valence-electron chi connectivity index (χ4n) is 4.62. The lowest BCUT2D eigenvalue weighted by Crippen LogP contribution is -2.47. The number of para-hydroxylation sites is 1. The van der Waals surface area contributed by atoms with Crippen molar-refractivity contribution >= 4 is 22.4 Å². The van der Waals surface area contributed by atoms with E-state index in [0.29, 0.717) is 11.7 Å². The van der Waals surface area contributed by atoms with Crippen molar-refractivity contribution < 1.29 is 9.47 Å². The van der Waals surface area contributed by atoms with Crippen LogP contribution in [0.1, 0.15) is 36.6 Å². The van der Waals surface area contributed by atoms with Gasteiger partial charge in [-0.1, -0.05) is 24.6 Å². The van der Waals surface area contributed by atoms with Gasteiger partial charge in [0.2, 0.25) is 0 Å². The number of hydrogen-bond acceptors (Lipinski definition) is 6. The maximum atomic E-state index is 5.58. The van der Waals surface area contributed by atoms with Gasteiger partial charge in [0, 0.05) is 49.2 Å². The number of methoxy groups -OCH3 is 2. The highest BCUT2D eigenvalue weighted by Crippen LogP contribution is 2.40. The van der Waals surface area contributed by atoms with Crippen molar-refractivity contribution in [3.63, 3.8) is 0 Å². The Labute approximate surface area is 183 Å². The molecule has 5 rings (SSSR count). The summed E-state index contributed by atoms with van der Waals surface area (Å²) in [5, 5.41) is 1.03. The van der Waals surface area contributed by atoms with E-state index in [0.717, 1.165) is 54.5 Å². The summed E-state index contributed by atoms with van der Waals surface area (Å²) in [4.78, 5) is 14.9. The normalized spacial score (nSPS) is 17.0. The van der Waals surface area contributed by atoms with Crippen LogP contribution in [0, 0.1) is 6.92 Å². The smallest absolute Gasteiger partial charge is 0.162 e. The maximum absolute atomic E-state index is 5.58. The summed E-state index contributed by atoms with van der Waals surface area (Å²) in [6, 6.07) is 12.6. The molecule has 0 bridgehead atoms. The number of benzene rings is 2. The quantitative estimate of drug-likeness (QED) is 0.606. The van der Waals surface area contributed by atoms with Crippen molar-refractivity contribution in [2.24, 2.45) is 0 Å². The third kappa shape index (κ3) is 3.64. The monoisotopic (exact) mass is 418 g/mol. The molecule has 31 heavy (non-hydrogen) atoms. The number of rotatable bonds is 5. The lowest BCUT2D eigenvalue weighted by atomic mass is 9.85. The van der Waals surface area contributed by atoms with E-state index in [1.165, 1.54) is 30.5 Å². The van der Waals surface area contributed by atoms with Gasteiger partial charge in [-0.2, -0.15) is 0 Å². The second-order valence-corrected chi connectivity index (χ2v) is 8.52. The zero-order valence-corrected chi connectivity index (χ0v) is 18.6. The van der Waals surface area contributed by atoms with Crippen molar-refractivity contribution in [1.29, 1.82) is 0 Å². The number of hydrogen-bond donors (Lipinski definition) is 0. The van der Waals surface area contributed by atoms with Crippen LogP contribution in [0.25, 0.3) is 10.9 Å². The Bertz CT molecular complexity index is 1090. The Morgan fingerprint density at radius 3 is 2.19 bits per heavy atom. The molecule has 6 nitrogen and oxygen atoms in total. The molecule has 3 aromatic rings. The molecule has 1 saturated heterocycles. The van der Waals surface area contributed by atoms with Gasteiger partial charge in [-0.05, 0) is 37.5 Å². The highest BCUT2D eigenvalue weighted by atomic mass is 16.5. The van der Waals surface area contributed by atoms with E-state index < -0.39 is 0 Å². The summed E-state index contributed by atoms with van der Waals surface area (Å²) in [5.41, 5.74) is 3.59. The molecule has 162 valence electrons. The van der Waals surface area contributed by atoms with E-state index >= 15 is 0 Å². The van der Waals surface area contributed by atoms with E-state index in [2.05, 4.69) is 41.0 Å². The van der Waals surface area contributed by atoms with Crippen LogP contribution < -0.4 is 19.3 Å². The molecule has 2 aromatic carbocycles. The van der Waals surface area contributed by atoms with E-state index in [1.807, 2.05) is 12.1 Å². The van der Waals surface area contributed by atoms with Crippen molar-refractivity contribution in [1.82, 2.24) is 9.97 Å². The van der Waals surface area contributed by atoms with Crippen LogP contribution in [0.3, 0.4) is 0 Å². The topological polar surface area (TPSA) is 50.7 Å². The molecule has 0 atom stereocenters. The Morgan fingerprint density at radius 1 is 0.871 bits per heavy atom.